The molecule has 28 heavy (non-hydrogen) atoms. The number of hydrogen-bond donors (Lipinski definition) is 1. The van der Waals surface area contributed by atoms with Crippen molar-refractivity contribution in [3.05, 3.63) is 23.0 Å². The molecule has 5 rings (SSSR count). The number of hydrogen-bond acceptors (Lipinski definition) is 2. The van der Waals surface area contributed by atoms with Gasteiger partial charge in [-0.1, -0.05) is 31.9 Å². The summed E-state index contributed by atoms with van der Waals surface area (Å²) in [6.07, 6.45) is 15.6. The zero-order valence-electron chi connectivity index (χ0n) is 18.5. The van der Waals surface area contributed by atoms with Crippen LogP contribution in [-0.4, -0.2) is 17.3 Å². The Morgan fingerprint density at radius 2 is 2.04 bits per heavy atom. The minimum Gasteiger partial charge on any atom is -0.494 e. The van der Waals surface area contributed by atoms with Gasteiger partial charge in [0.05, 0.1) is 11.9 Å². The Labute approximate surface area is 171 Å². The SMILES string of the molecule is CC1=C(CCC(C)O)O[C@H]2C[C@H]3[C@@H]4CC=C5CCCC[C@]5(C)[C@H]4CC[C@]3(C)[C@@H]12. The first-order valence-electron chi connectivity index (χ1n) is 12.1. The fraction of sp³-hybridized carbons (Fsp3) is 0.846. The van der Waals surface area contributed by atoms with Crippen LogP contribution in [-0.2, 0) is 4.74 Å². The molecule has 1 N–H and O–H groups in total. The lowest BCUT2D eigenvalue weighted by Crippen LogP contribution is -2.49. The average Bonchev–Trinajstić information content (AvgIpc) is 3.13. The summed E-state index contributed by atoms with van der Waals surface area (Å²) in [5.41, 5.74) is 4.24. The molecular weight excluding hydrogens is 344 g/mol. The Hall–Kier alpha value is -0.760. The van der Waals surface area contributed by atoms with Crippen LogP contribution in [0.15, 0.2) is 23.0 Å². The molecule has 4 aliphatic carbocycles. The summed E-state index contributed by atoms with van der Waals surface area (Å²) in [5.74, 6) is 4.43. The van der Waals surface area contributed by atoms with Crippen molar-refractivity contribution in [2.45, 2.75) is 104 Å². The van der Waals surface area contributed by atoms with Crippen LogP contribution in [0.1, 0.15) is 91.9 Å². The van der Waals surface area contributed by atoms with Crippen molar-refractivity contribution >= 4 is 0 Å². The first kappa shape index (κ1) is 19.2. The van der Waals surface area contributed by atoms with Gasteiger partial charge in [0.15, 0.2) is 0 Å². The Kier molecular flexibility index (Phi) is 4.55. The number of aliphatic hydroxyl groups excluding tert-OH is 1. The zero-order chi connectivity index (χ0) is 19.7. The Morgan fingerprint density at radius 1 is 1.21 bits per heavy atom. The van der Waals surface area contributed by atoms with Gasteiger partial charge >= 0.3 is 0 Å². The van der Waals surface area contributed by atoms with Crippen LogP contribution in [0.2, 0.25) is 0 Å². The second-order valence-electron chi connectivity index (χ2n) is 11.4. The highest BCUT2D eigenvalue weighted by Gasteiger charge is 2.63. The number of rotatable bonds is 3. The summed E-state index contributed by atoms with van der Waals surface area (Å²) in [7, 11) is 0. The van der Waals surface area contributed by atoms with Gasteiger partial charge in [0, 0.05) is 12.3 Å². The molecule has 5 aliphatic rings. The van der Waals surface area contributed by atoms with E-state index in [1.54, 1.807) is 0 Å². The maximum absolute atomic E-state index is 9.70. The van der Waals surface area contributed by atoms with Crippen LogP contribution in [0.25, 0.3) is 0 Å². The molecule has 0 spiro atoms. The summed E-state index contributed by atoms with van der Waals surface area (Å²) in [4.78, 5) is 0. The van der Waals surface area contributed by atoms with E-state index in [0.29, 0.717) is 22.9 Å². The van der Waals surface area contributed by atoms with Gasteiger partial charge in [-0.25, -0.2) is 0 Å². The predicted molar refractivity (Wildman–Crippen MR) is 114 cm³/mol. The molecule has 0 radical (unpaired) electrons. The van der Waals surface area contributed by atoms with E-state index in [0.717, 1.165) is 30.6 Å². The van der Waals surface area contributed by atoms with E-state index in [1.807, 2.05) is 12.5 Å². The number of aliphatic hydroxyl groups is 1. The van der Waals surface area contributed by atoms with Crippen LogP contribution < -0.4 is 0 Å². The van der Waals surface area contributed by atoms with E-state index in [-0.39, 0.29) is 6.10 Å². The van der Waals surface area contributed by atoms with Gasteiger partial charge in [-0.15, -0.1) is 0 Å². The lowest BCUT2D eigenvalue weighted by Gasteiger charge is -2.57. The molecule has 0 aromatic heterocycles. The number of fused-ring (bicyclic) bond motifs is 7. The molecule has 156 valence electrons. The van der Waals surface area contributed by atoms with Crippen molar-refractivity contribution in [2.24, 2.45) is 34.5 Å². The normalized spacial score (nSPS) is 48.2. The molecule has 1 heterocycles. The summed E-state index contributed by atoms with van der Waals surface area (Å²) < 4.78 is 6.57. The van der Waals surface area contributed by atoms with Crippen LogP contribution in [0.5, 0.6) is 0 Å². The maximum atomic E-state index is 9.70. The van der Waals surface area contributed by atoms with Crippen molar-refractivity contribution in [3.8, 4) is 0 Å². The average molecular weight is 385 g/mol. The van der Waals surface area contributed by atoms with Crippen LogP contribution >= 0.6 is 0 Å². The Morgan fingerprint density at radius 3 is 2.82 bits per heavy atom. The van der Waals surface area contributed by atoms with Crippen LogP contribution in [0.4, 0.5) is 0 Å². The molecule has 2 heteroatoms. The lowest BCUT2D eigenvalue weighted by atomic mass is 9.47. The molecule has 0 aromatic carbocycles. The van der Waals surface area contributed by atoms with Gasteiger partial charge in [0.25, 0.3) is 0 Å². The third-order valence-electron chi connectivity index (χ3n) is 10.0. The van der Waals surface area contributed by atoms with Crippen molar-refractivity contribution in [2.75, 3.05) is 0 Å². The summed E-state index contributed by atoms with van der Waals surface area (Å²) in [6, 6.07) is 0. The molecule has 3 fully saturated rings. The Bertz CT molecular complexity index is 703. The molecule has 3 saturated carbocycles. The second-order valence-corrected chi connectivity index (χ2v) is 11.4. The zero-order valence-corrected chi connectivity index (χ0v) is 18.5. The minimum atomic E-state index is -0.234. The highest BCUT2D eigenvalue weighted by molar-refractivity contribution is 5.29. The van der Waals surface area contributed by atoms with E-state index < -0.39 is 0 Å². The smallest absolute Gasteiger partial charge is 0.106 e. The van der Waals surface area contributed by atoms with Gasteiger partial charge in [0.1, 0.15) is 6.10 Å². The first-order chi connectivity index (χ1) is 13.3. The second kappa shape index (κ2) is 6.62. The topological polar surface area (TPSA) is 29.5 Å². The number of allylic oxidation sites excluding steroid dienone is 3. The molecule has 0 saturated heterocycles. The molecule has 1 aliphatic heterocycles. The van der Waals surface area contributed by atoms with E-state index in [4.69, 9.17) is 4.74 Å². The molecule has 2 nitrogen and oxygen atoms in total. The summed E-state index contributed by atoms with van der Waals surface area (Å²) in [6.45, 7) is 9.44. The molecule has 0 amide bonds. The number of ether oxygens (including phenoxy) is 1. The molecule has 0 bridgehead atoms. The van der Waals surface area contributed by atoms with Crippen molar-refractivity contribution in [1.29, 1.82) is 0 Å². The van der Waals surface area contributed by atoms with Crippen LogP contribution in [0.3, 0.4) is 0 Å². The first-order valence-corrected chi connectivity index (χ1v) is 12.1. The Balaban J connectivity index is 1.42. The quantitative estimate of drug-likeness (QED) is 0.571. The maximum Gasteiger partial charge on any atom is 0.106 e. The fourth-order valence-electron chi connectivity index (χ4n) is 8.62. The van der Waals surface area contributed by atoms with E-state index >= 15 is 0 Å². The van der Waals surface area contributed by atoms with Gasteiger partial charge in [-0.05, 0) is 99.4 Å². The standard InChI is InChI=1S/C26H40O2/c1-16(27)8-11-22-17(2)24-23(28-22)15-21-19-10-9-18-7-5-6-13-25(18,3)20(19)12-14-26(21,24)4/h9,16,19-21,23-24,27H,5-8,10-15H2,1-4H3/t16?,19-,20+,21+,23+,24+,25+,26+/m1/s1. The van der Waals surface area contributed by atoms with Crippen LogP contribution in [0, 0.1) is 34.5 Å². The molecule has 8 atom stereocenters. The molecule has 0 aromatic rings. The fourth-order valence-corrected chi connectivity index (χ4v) is 8.62. The lowest BCUT2D eigenvalue weighted by molar-refractivity contribution is -0.0360. The monoisotopic (exact) mass is 384 g/mol. The third kappa shape index (κ3) is 2.62. The summed E-state index contributed by atoms with van der Waals surface area (Å²) in [5, 5.41) is 9.70. The summed E-state index contributed by atoms with van der Waals surface area (Å²) >= 11 is 0. The van der Waals surface area contributed by atoms with Crippen molar-refractivity contribution < 1.29 is 9.84 Å². The van der Waals surface area contributed by atoms with E-state index in [1.165, 1.54) is 62.7 Å². The van der Waals surface area contributed by atoms with Gasteiger partial charge in [0.2, 0.25) is 0 Å². The van der Waals surface area contributed by atoms with Gasteiger partial charge < -0.3 is 9.84 Å². The van der Waals surface area contributed by atoms with Crippen molar-refractivity contribution in [1.82, 2.24) is 0 Å². The minimum absolute atomic E-state index is 0.234. The molecular formula is C26H40O2. The van der Waals surface area contributed by atoms with E-state index in [9.17, 15) is 5.11 Å². The van der Waals surface area contributed by atoms with Gasteiger partial charge in [-0.2, -0.15) is 0 Å². The van der Waals surface area contributed by atoms with Crippen molar-refractivity contribution in [3.63, 3.8) is 0 Å². The largest absolute Gasteiger partial charge is 0.494 e. The van der Waals surface area contributed by atoms with Gasteiger partial charge in [-0.3, -0.25) is 0 Å². The third-order valence-corrected chi connectivity index (χ3v) is 10.0. The predicted octanol–water partition coefficient (Wildman–Crippen LogP) is 6.40. The van der Waals surface area contributed by atoms with E-state index in [2.05, 4.69) is 26.8 Å². The molecule has 1 unspecified atom stereocenters. The highest BCUT2D eigenvalue weighted by Crippen LogP contribution is 2.68. The highest BCUT2D eigenvalue weighted by atomic mass is 16.5.